The van der Waals surface area contributed by atoms with Crippen molar-refractivity contribution in [2.45, 2.75) is 12.5 Å². The van der Waals surface area contributed by atoms with Crippen LogP contribution in [0.25, 0.3) is 0 Å². The molecule has 2 amide bonds. The molecular formula is C28H28Cl2FN3O3S. The average molecular weight is 577 g/mol. The highest BCUT2D eigenvalue weighted by Gasteiger charge is 2.42. The largest absolute Gasteiger partial charge is 0.493 e. The van der Waals surface area contributed by atoms with Gasteiger partial charge in [-0.25, -0.2) is 4.39 Å². The van der Waals surface area contributed by atoms with Gasteiger partial charge in [0.25, 0.3) is 11.8 Å². The van der Waals surface area contributed by atoms with Gasteiger partial charge < -0.3 is 19.9 Å². The average Bonchev–Trinajstić information content (AvgIpc) is 3.59. The minimum absolute atomic E-state index is 0.0454. The first-order valence-electron chi connectivity index (χ1n) is 12.5. The zero-order valence-corrected chi connectivity index (χ0v) is 23.2. The Hall–Kier alpha value is -2.65. The number of nitrogens with zero attached hydrogens (tertiary/aromatic N) is 2. The maximum absolute atomic E-state index is 14.3. The summed E-state index contributed by atoms with van der Waals surface area (Å²) in [5.41, 5.74) is 1.41. The molecule has 2 aliphatic rings. The summed E-state index contributed by atoms with van der Waals surface area (Å²) < 4.78 is 20.1. The van der Waals surface area contributed by atoms with E-state index in [-0.39, 0.29) is 28.4 Å². The maximum Gasteiger partial charge on any atom is 0.258 e. The van der Waals surface area contributed by atoms with Crippen molar-refractivity contribution < 1.29 is 18.7 Å². The van der Waals surface area contributed by atoms with Gasteiger partial charge in [0, 0.05) is 38.1 Å². The van der Waals surface area contributed by atoms with Gasteiger partial charge in [0.2, 0.25) is 0 Å². The third kappa shape index (κ3) is 5.54. The molecule has 0 bridgehead atoms. The van der Waals surface area contributed by atoms with Gasteiger partial charge in [0.1, 0.15) is 10.2 Å². The summed E-state index contributed by atoms with van der Waals surface area (Å²) in [5, 5.41) is 5.02. The van der Waals surface area contributed by atoms with Crippen molar-refractivity contribution in [3.8, 4) is 5.75 Å². The fourth-order valence-corrected chi connectivity index (χ4v) is 6.82. The Morgan fingerprint density at radius 3 is 2.45 bits per heavy atom. The van der Waals surface area contributed by atoms with Gasteiger partial charge in [-0.2, -0.15) is 0 Å². The highest BCUT2D eigenvalue weighted by molar-refractivity contribution is 7.15. The molecule has 0 saturated carbocycles. The maximum atomic E-state index is 14.3. The SMILES string of the molecule is COc1c(C(=O)N[C@@H](CCN2CC3CN(C(=O)c4c(F)cccc4Cl)CC3C2)c2ccccc2)csc1Cl. The Labute approximate surface area is 235 Å². The summed E-state index contributed by atoms with van der Waals surface area (Å²) in [4.78, 5) is 30.2. The van der Waals surface area contributed by atoms with Gasteiger partial charge in [0.15, 0.2) is 5.75 Å². The second-order valence-corrected chi connectivity index (χ2v) is 11.7. The van der Waals surface area contributed by atoms with Crippen molar-refractivity contribution >= 4 is 46.4 Å². The Balaban J connectivity index is 1.20. The van der Waals surface area contributed by atoms with Gasteiger partial charge in [0.05, 0.1) is 29.3 Å². The van der Waals surface area contributed by atoms with Crippen molar-refractivity contribution in [2.75, 3.05) is 39.8 Å². The molecule has 0 aliphatic carbocycles. The molecule has 1 N–H and O–H groups in total. The second-order valence-electron chi connectivity index (χ2n) is 9.77. The molecule has 0 radical (unpaired) electrons. The van der Waals surface area contributed by atoms with Crippen LogP contribution in [0.2, 0.25) is 9.36 Å². The summed E-state index contributed by atoms with van der Waals surface area (Å²) in [6.45, 7) is 3.66. The highest BCUT2D eigenvalue weighted by Crippen LogP contribution is 2.36. The lowest BCUT2D eigenvalue weighted by molar-refractivity contribution is 0.0769. The molecule has 38 heavy (non-hydrogen) atoms. The van der Waals surface area contributed by atoms with Gasteiger partial charge in [-0.05, 0) is 36.0 Å². The molecule has 1 aromatic heterocycles. The molecule has 5 rings (SSSR count). The van der Waals surface area contributed by atoms with Crippen LogP contribution in [0, 0.1) is 17.7 Å². The van der Waals surface area contributed by atoms with E-state index in [9.17, 15) is 14.0 Å². The molecule has 3 atom stereocenters. The number of hydrogen-bond acceptors (Lipinski definition) is 5. The number of methoxy groups -OCH3 is 1. The van der Waals surface area contributed by atoms with E-state index in [1.807, 2.05) is 30.3 Å². The van der Waals surface area contributed by atoms with Crippen LogP contribution >= 0.6 is 34.5 Å². The van der Waals surface area contributed by atoms with E-state index in [1.165, 1.54) is 30.6 Å². The van der Waals surface area contributed by atoms with Crippen LogP contribution in [-0.2, 0) is 0 Å². The predicted octanol–water partition coefficient (Wildman–Crippen LogP) is 5.77. The Morgan fingerprint density at radius 1 is 1.08 bits per heavy atom. The number of carbonyl (C=O) groups is 2. The zero-order chi connectivity index (χ0) is 26.8. The van der Waals surface area contributed by atoms with Crippen LogP contribution in [0.5, 0.6) is 5.75 Å². The predicted molar refractivity (Wildman–Crippen MR) is 148 cm³/mol. The quantitative estimate of drug-likeness (QED) is 0.370. The van der Waals surface area contributed by atoms with E-state index in [0.29, 0.717) is 40.6 Å². The Bertz CT molecular complexity index is 1290. The van der Waals surface area contributed by atoms with E-state index >= 15 is 0 Å². The number of ether oxygens (including phenoxy) is 1. The number of thiophene rings is 1. The molecule has 0 spiro atoms. The third-order valence-corrected chi connectivity index (χ3v) is 8.92. The van der Waals surface area contributed by atoms with Crippen LogP contribution in [0.1, 0.15) is 38.7 Å². The van der Waals surface area contributed by atoms with E-state index < -0.39 is 5.82 Å². The zero-order valence-electron chi connectivity index (χ0n) is 20.8. The van der Waals surface area contributed by atoms with E-state index in [1.54, 1.807) is 16.3 Å². The first-order chi connectivity index (χ1) is 18.4. The first kappa shape index (κ1) is 26.9. The van der Waals surface area contributed by atoms with Crippen LogP contribution in [0.3, 0.4) is 0 Å². The van der Waals surface area contributed by atoms with Crippen molar-refractivity contribution in [3.63, 3.8) is 0 Å². The van der Waals surface area contributed by atoms with E-state index in [0.717, 1.165) is 31.6 Å². The molecule has 6 nitrogen and oxygen atoms in total. The van der Waals surface area contributed by atoms with Gasteiger partial charge in [-0.3, -0.25) is 9.59 Å². The molecule has 2 fully saturated rings. The van der Waals surface area contributed by atoms with Crippen LogP contribution in [0.4, 0.5) is 4.39 Å². The summed E-state index contributed by atoms with van der Waals surface area (Å²) in [6.07, 6.45) is 0.725. The van der Waals surface area contributed by atoms with Gasteiger partial charge in [-0.15, -0.1) is 11.3 Å². The lowest BCUT2D eigenvalue weighted by atomic mass is 10.0. The summed E-state index contributed by atoms with van der Waals surface area (Å²) in [6, 6.07) is 14.0. The van der Waals surface area contributed by atoms with Crippen molar-refractivity contribution in [1.29, 1.82) is 0 Å². The smallest absolute Gasteiger partial charge is 0.258 e. The number of fused-ring (bicyclic) bond motifs is 1. The number of amides is 2. The molecule has 2 aliphatic heterocycles. The molecule has 2 saturated heterocycles. The summed E-state index contributed by atoms with van der Waals surface area (Å²) in [7, 11) is 1.50. The van der Waals surface area contributed by atoms with E-state index in [4.69, 9.17) is 27.9 Å². The van der Waals surface area contributed by atoms with Crippen molar-refractivity contribution in [2.24, 2.45) is 11.8 Å². The normalized spacial score (nSPS) is 19.8. The monoisotopic (exact) mass is 575 g/mol. The topological polar surface area (TPSA) is 61.9 Å². The van der Waals surface area contributed by atoms with Crippen LogP contribution in [-0.4, -0.2) is 61.4 Å². The van der Waals surface area contributed by atoms with Crippen molar-refractivity contribution in [3.05, 3.63) is 85.8 Å². The number of halogens is 3. The molecular weight excluding hydrogens is 548 g/mol. The lowest BCUT2D eigenvalue weighted by Crippen LogP contribution is -2.35. The van der Waals surface area contributed by atoms with Gasteiger partial charge in [-0.1, -0.05) is 59.6 Å². The fourth-order valence-electron chi connectivity index (χ4n) is 5.52. The fraction of sp³-hybridized carbons (Fsp3) is 0.357. The number of likely N-dealkylation sites (tertiary alicyclic amines) is 2. The summed E-state index contributed by atoms with van der Waals surface area (Å²) in [5.74, 6) is -0.109. The minimum atomic E-state index is -0.586. The van der Waals surface area contributed by atoms with Crippen LogP contribution in [0.15, 0.2) is 53.9 Å². The first-order valence-corrected chi connectivity index (χ1v) is 14.1. The lowest BCUT2D eigenvalue weighted by Gasteiger charge is -2.25. The molecule has 10 heteroatoms. The number of hydrogen-bond donors (Lipinski definition) is 1. The molecule has 2 unspecified atom stereocenters. The highest BCUT2D eigenvalue weighted by atomic mass is 35.5. The molecule has 200 valence electrons. The molecule has 3 aromatic rings. The number of benzene rings is 2. The summed E-state index contributed by atoms with van der Waals surface area (Å²) >= 11 is 13.6. The number of nitrogens with one attached hydrogen (secondary N) is 1. The standard InChI is InChI=1S/C28H28Cl2FN3O3S/c1-37-25-20(16-38-26(25)30)27(35)32-23(17-6-3-2-4-7-17)10-11-33-12-18-14-34(15-19(18)13-33)28(36)24-21(29)8-5-9-22(24)31/h2-9,16,18-19,23H,10-15H2,1H3,(H,32,35)/t18?,19?,23-/m0/s1. The Morgan fingerprint density at radius 2 is 1.79 bits per heavy atom. The van der Waals surface area contributed by atoms with Crippen molar-refractivity contribution in [1.82, 2.24) is 15.1 Å². The van der Waals surface area contributed by atoms with Crippen LogP contribution < -0.4 is 10.1 Å². The number of carbonyl (C=O) groups excluding carboxylic acids is 2. The third-order valence-electron chi connectivity index (χ3n) is 7.42. The van der Waals surface area contributed by atoms with E-state index in [2.05, 4.69) is 10.2 Å². The minimum Gasteiger partial charge on any atom is -0.493 e. The second kappa shape index (κ2) is 11.6. The number of rotatable bonds is 8. The Kier molecular flexibility index (Phi) is 8.23. The van der Waals surface area contributed by atoms with Gasteiger partial charge >= 0.3 is 0 Å². The molecule has 3 heterocycles. The molecule has 2 aromatic carbocycles.